The highest BCUT2D eigenvalue weighted by atomic mass is 16.6. The number of nitro groups is 1. The zero-order valence-electron chi connectivity index (χ0n) is 10.9. The summed E-state index contributed by atoms with van der Waals surface area (Å²) in [5, 5.41) is 13.4. The third kappa shape index (κ3) is 3.38. The SMILES string of the molecule is Cc1ccc([N+](=O)[O-])cc1NC(=O)Cc1ccncc1. The van der Waals surface area contributed by atoms with Gasteiger partial charge in [0.25, 0.3) is 5.69 Å². The quantitative estimate of drug-likeness (QED) is 0.683. The lowest BCUT2D eigenvalue weighted by molar-refractivity contribution is -0.384. The van der Waals surface area contributed by atoms with E-state index < -0.39 is 4.92 Å². The number of nitrogens with one attached hydrogen (secondary N) is 1. The molecule has 0 aliphatic carbocycles. The molecule has 0 radical (unpaired) electrons. The molecule has 20 heavy (non-hydrogen) atoms. The third-order valence-electron chi connectivity index (χ3n) is 2.82. The highest BCUT2D eigenvalue weighted by molar-refractivity contribution is 5.93. The number of nitro benzene ring substituents is 1. The average Bonchev–Trinajstić information content (AvgIpc) is 2.42. The van der Waals surface area contributed by atoms with Crippen molar-refractivity contribution in [2.24, 2.45) is 0 Å². The molecule has 0 fully saturated rings. The predicted molar refractivity (Wildman–Crippen MR) is 74.4 cm³/mol. The molecule has 0 aliphatic heterocycles. The van der Waals surface area contributed by atoms with E-state index in [-0.39, 0.29) is 18.0 Å². The zero-order valence-corrected chi connectivity index (χ0v) is 10.9. The summed E-state index contributed by atoms with van der Waals surface area (Å²) in [5.74, 6) is -0.222. The van der Waals surface area contributed by atoms with Crippen molar-refractivity contribution >= 4 is 17.3 Å². The number of non-ortho nitro benzene ring substituents is 1. The molecular weight excluding hydrogens is 258 g/mol. The van der Waals surface area contributed by atoms with E-state index >= 15 is 0 Å². The van der Waals surface area contributed by atoms with E-state index in [1.54, 1.807) is 37.5 Å². The fourth-order valence-electron chi connectivity index (χ4n) is 1.74. The molecule has 1 aromatic carbocycles. The van der Waals surface area contributed by atoms with Crippen molar-refractivity contribution < 1.29 is 9.72 Å². The molecule has 0 atom stereocenters. The van der Waals surface area contributed by atoms with Gasteiger partial charge in [0.05, 0.1) is 17.0 Å². The normalized spacial score (nSPS) is 10.1. The number of pyridine rings is 1. The molecule has 0 aliphatic rings. The molecule has 2 aromatic rings. The number of rotatable bonds is 4. The molecule has 0 saturated carbocycles. The summed E-state index contributed by atoms with van der Waals surface area (Å²) in [7, 11) is 0. The van der Waals surface area contributed by atoms with Crippen molar-refractivity contribution in [2.75, 3.05) is 5.32 Å². The van der Waals surface area contributed by atoms with E-state index in [9.17, 15) is 14.9 Å². The number of nitrogens with zero attached hydrogens (tertiary/aromatic N) is 2. The van der Waals surface area contributed by atoms with Crippen LogP contribution in [0, 0.1) is 17.0 Å². The Bertz CT molecular complexity index is 641. The number of carbonyl (C=O) groups is 1. The maximum absolute atomic E-state index is 11.9. The van der Waals surface area contributed by atoms with Gasteiger partial charge in [-0.3, -0.25) is 19.9 Å². The summed E-state index contributed by atoms with van der Waals surface area (Å²) in [6, 6.07) is 7.88. The van der Waals surface area contributed by atoms with Gasteiger partial charge in [0.1, 0.15) is 0 Å². The molecule has 1 N–H and O–H groups in total. The van der Waals surface area contributed by atoms with E-state index in [0.717, 1.165) is 11.1 Å². The highest BCUT2D eigenvalue weighted by Crippen LogP contribution is 2.21. The molecule has 6 nitrogen and oxygen atoms in total. The lowest BCUT2D eigenvalue weighted by Gasteiger charge is -2.08. The Labute approximate surface area is 115 Å². The van der Waals surface area contributed by atoms with Crippen LogP contribution in [0.3, 0.4) is 0 Å². The number of benzene rings is 1. The van der Waals surface area contributed by atoms with Crippen LogP contribution in [0.4, 0.5) is 11.4 Å². The standard InChI is InChI=1S/C14H13N3O3/c1-10-2-3-12(17(19)20)9-13(10)16-14(18)8-11-4-6-15-7-5-11/h2-7,9H,8H2,1H3,(H,16,18). The van der Waals surface area contributed by atoms with Gasteiger partial charge in [-0.25, -0.2) is 0 Å². The molecule has 0 spiro atoms. The summed E-state index contributed by atoms with van der Waals surface area (Å²) in [6.07, 6.45) is 3.42. The summed E-state index contributed by atoms with van der Waals surface area (Å²) in [5.41, 5.74) is 2.02. The van der Waals surface area contributed by atoms with E-state index in [1.165, 1.54) is 12.1 Å². The maximum atomic E-state index is 11.9. The second-order valence-corrected chi connectivity index (χ2v) is 4.34. The van der Waals surface area contributed by atoms with Crippen LogP contribution in [0.2, 0.25) is 0 Å². The van der Waals surface area contributed by atoms with Crippen LogP contribution in [-0.2, 0) is 11.2 Å². The Kier molecular flexibility index (Phi) is 4.05. The molecule has 1 heterocycles. The van der Waals surface area contributed by atoms with E-state index in [1.807, 2.05) is 0 Å². The number of aryl methyl sites for hydroxylation is 1. The van der Waals surface area contributed by atoms with Crippen molar-refractivity contribution in [1.29, 1.82) is 0 Å². The number of anilines is 1. The topological polar surface area (TPSA) is 85.1 Å². The van der Waals surface area contributed by atoms with Gasteiger partial charge in [-0.05, 0) is 30.2 Å². The fraction of sp³-hybridized carbons (Fsp3) is 0.143. The summed E-state index contributed by atoms with van der Waals surface area (Å²) >= 11 is 0. The molecular formula is C14H13N3O3. The lowest BCUT2D eigenvalue weighted by Crippen LogP contribution is -2.15. The Morgan fingerprint density at radius 3 is 2.65 bits per heavy atom. The molecule has 1 aromatic heterocycles. The minimum absolute atomic E-state index is 0.0465. The van der Waals surface area contributed by atoms with Crippen LogP contribution in [0.15, 0.2) is 42.7 Å². The predicted octanol–water partition coefficient (Wildman–Crippen LogP) is 2.48. The number of hydrogen-bond donors (Lipinski definition) is 1. The van der Waals surface area contributed by atoms with Crippen LogP contribution < -0.4 is 5.32 Å². The van der Waals surface area contributed by atoms with Gasteiger partial charge in [0.2, 0.25) is 5.91 Å². The minimum Gasteiger partial charge on any atom is -0.325 e. The smallest absolute Gasteiger partial charge is 0.271 e. The van der Waals surface area contributed by atoms with Gasteiger partial charge >= 0.3 is 0 Å². The van der Waals surface area contributed by atoms with Crippen molar-refractivity contribution in [3.8, 4) is 0 Å². The van der Waals surface area contributed by atoms with Crippen molar-refractivity contribution in [3.05, 3.63) is 64.0 Å². The van der Waals surface area contributed by atoms with Crippen LogP contribution in [0.1, 0.15) is 11.1 Å². The molecule has 6 heteroatoms. The molecule has 0 unspecified atom stereocenters. The van der Waals surface area contributed by atoms with E-state index in [4.69, 9.17) is 0 Å². The average molecular weight is 271 g/mol. The number of carbonyl (C=O) groups excluding carboxylic acids is 1. The summed E-state index contributed by atoms with van der Waals surface area (Å²) in [6.45, 7) is 1.78. The summed E-state index contributed by atoms with van der Waals surface area (Å²) < 4.78 is 0. The maximum Gasteiger partial charge on any atom is 0.271 e. The fourth-order valence-corrected chi connectivity index (χ4v) is 1.74. The minimum atomic E-state index is -0.488. The Balaban J connectivity index is 2.11. The Morgan fingerprint density at radius 1 is 1.30 bits per heavy atom. The first-order chi connectivity index (χ1) is 9.56. The van der Waals surface area contributed by atoms with Gasteiger partial charge in [-0.2, -0.15) is 0 Å². The second-order valence-electron chi connectivity index (χ2n) is 4.34. The summed E-state index contributed by atoms with van der Waals surface area (Å²) in [4.78, 5) is 26.0. The van der Waals surface area contributed by atoms with Gasteiger partial charge in [0.15, 0.2) is 0 Å². The zero-order chi connectivity index (χ0) is 14.5. The van der Waals surface area contributed by atoms with Crippen LogP contribution in [-0.4, -0.2) is 15.8 Å². The van der Waals surface area contributed by atoms with Crippen molar-refractivity contribution in [2.45, 2.75) is 13.3 Å². The second kappa shape index (κ2) is 5.92. The van der Waals surface area contributed by atoms with Gasteiger partial charge in [0, 0.05) is 24.5 Å². The van der Waals surface area contributed by atoms with Crippen molar-refractivity contribution in [1.82, 2.24) is 4.98 Å². The molecule has 1 amide bonds. The van der Waals surface area contributed by atoms with E-state index in [2.05, 4.69) is 10.3 Å². The van der Waals surface area contributed by atoms with Gasteiger partial charge < -0.3 is 5.32 Å². The molecule has 0 bridgehead atoms. The van der Waals surface area contributed by atoms with E-state index in [0.29, 0.717) is 5.69 Å². The molecule has 102 valence electrons. The van der Waals surface area contributed by atoms with Crippen LogP contribution in [0.5, 0.6) is 0 Å². The number of hydrogen-bond acceptors (Lipinski definition) is 4. The monoisotopic (exact) mass is 271 g/mol. The lowest BCUT2D eigenvalue weighted by atomic mass is 10.1. The van der Waals surface area contributed by atoms with Crippen LogP contribution in [0.25, 0.3) is 0 Å². The molecule has 0 saturated heterocycles. The van der Waals surface area contributed by atoms with Gasteiger partial charge in [-0.1, -0.05) is 6.07 Å². The first-order valence-electron chi connectivity index (χ1n) is 6.00. The molecule has 2 rings (SSSR count). The van der Waals surface area contributed by atoms with Crippen LogP contribution >= 0.6 is 0 Å². The third-order valence-corrected chi connectivity index (χ3v) is 2.82. The highest BCUT2D eigenvalue weighted by Gasteiger charge is 2.11. The Hall–Kier alpha value is -2.76. The number of aromatic nitrogens is 1. The first kappa shape index (κ1) is 13.7. The largest absolute Gasteiger partial charge is 0.325 e. The van der Waals surface area contributed by atoms with Crippen molar-refractivity contribution in [3.63, 3.8) is 0 Å². The first-order valence-corrected chi connectivity index (χ1v) is 6.00. The number of amides is 1. The Morgan fingerprint density at radius 2 is 2.00 bits per heavy atom. The van der Waals surface area contributed by atoms with Gasteiger partial charge in [-0.15, -0.1) is 0 Å².